The maximum Gasteiger partial charge on any atom is 0.128 e. The molecule has 1 aliphatic rings. The lowest BCUT2D eigenvalue weighted by Gasteiger charge is -2.24. The standard InChI is InChI=1S/C15H21F2N/c1-3-10-4-5-11(8-10)15(18-2)13-9-12(16)6-7-14(13)17/h6-7,9-11,15,18H,3-5,8H2,1-2H3. The number of benzene rings is 1. The van der Waals surface area contributed by atoms with Crippen molar-refractivity contribution in [3.8, 4) is 0 Å². The predicted octanol–water partition coefficient (Wildman–Crippen LogP) is 4.05. The second kappa shape index (κ2) is 5.79. The highest BCUT2D eigenvalue weighted by Gasteiger charge is 2.31. The maximum atomic E-state index is 13.8. The molecule has 2 rings (SSSR count). The van der Waals surface area contributed by atoms with Crippen LogP contribution in [0.25, 0.3) is 0 Å². The lowest BCUT2D eigenvalue weighted by molar-refractivity contribution is 0.361. The van der Waals surface area contributed by atoms with Crippen LogP contribution in [0.2, 0.25) is 0 Å². The highest BCUT2D eigenvalue weighted by atomic mass is 19.1. The van der Waals surface area contributed by atoms with Crippen LogP contribution >= 0.6 is 0 Å². The van der Waals surface area contributed by atoms with Gasteiger partial charge in [-0.3, -0.25) is 0 Å². The zero-order chi connectivity index (χ0) is 13.1. The zero-order valence-corrected chi connectivity index (χ0v) is 11.0. The first-order valence-corrected chi connectivity index (χ1v) is 6.78. The quantitative estimate of drug-likeness (QED) is 0.853. The van der Waals surface area contributed by atoms with Gasteiger partial charge in [-0.2, -0.15) is 0 Å². The Morgan fingerprint density at radius 1 is 1.33 bits per heavy atom. The van der Waals surface area contributed by atoms with Crippen molar-refractivity contribution in [3.63, 3.8) is 0 Å². The molecule has 0 aliphatic heterocycles. The number of halogens is 2. The van der Waals surface area contributed by atoms with Gasteiger partial charge in [0, 0.05) is 11.6 Å². The Hall–Kier alpha value is -0.960. The van der Waals surface area contributed by atoms with E-state index in [1.807, 2.05) is 7.05 Å². The van der Waals surface area contributed by atoms with E-state index in [9.17, 15) is 8.78 Å². The molecule has 1 aromatic rings. The third-order valence-corrected chi connectivity index (χ3v) is 4.23. The molecule has 0 bridgehead atoms. The predicted molar refractivity (Wildman–Crippen MR) is 69.3 cm³/mol. The van der Waals surface area contributed by atoms with Crippen LogP contribution < -0.4 is 5.32 Å². The summed E-state index contributed by atoms with van der Waals surface area (Å²) >= 11 is 0. The molecule has 0 heterocycles. The van der Waals surface area contributed by atoms with Crippen molar-refractivity contribution in [3.05, 3.63) is 35.4 Å². The smallest absolute Gasteiger partial charge is 0.128 e. The summed E-state index contributed by atoms with van der Waals surface area (Å²) in [6.45, 7) is 2.20. The zero-order valence-electron chi connectivity index (χ0n) is 11.0. The Morgan fingerprint density at radius 3 is 2.72 bits per heavy atom. The van der Waals surface area contributed by atoms with Crippen LogP contribution in [-0.2, 0) is 0 Å². The molecule has 3 heteroatoms. The Kier molecular flexibility index (Phi) is 4.33. The molecule has 1 nitrogen and oxygen atoms in total. The molecular weight excluding hydrogens is 232 g/mol. The number of nitrogens with one attached hydrogen (secondary N) is 1. The fraction of sp³-hybridized carbons (Fsp3) is 0.600. The molecule has 1 N–H and O–H groups in total. The summed E-state index contributed by atoms with van der Waals surface area (Å²) in [6.07, 6.45) is 4.59. The molecule has 100 valence electrons. The average molecular weight is 253 g/mol. The van der Waals surface area contributed by atoms with E-state index < -0.39 is 0 Å². The van der Waals surface area contributed by atoms with Gasteiger partial charge in [-0.25, -0.2) is 8.78 Å². The molecule has 1 fully saturated rings. The minimum absolute atomic E-state index is 0.0720. The third-order valence-electron chi connectivity index (χ3n) is 4.23. The van der Waals surface area contributed by atoms with Gasteiger partial charge in [-0.05, 0) is 49.9 Å². The van der Waals surface area contributed by atoms with Gasteiger partial charge in [0.25, 0.3) is 0 Å². The molecule has 0 amide bonds. The Labute approximate surface area is 108 Å². The minimum Gasteiger partial charge on any atom is -0.313 e. The summed E-state index contributed by atoms with van der Waals surface area (Å²) < 4.78 is 27.1. The molecule has 0 aromatic heterocycles. The van der Waals surface area contributed by atoms with Crippen molar-refractivity contribution in [1.29, 1.82) is 0 Å². The fourth-order valence-electron chi connectivity index (χ4n) is 3.19. The first kappa shape index (κ1) is 13.5. The molecule has 0 saturated heterocycles. The van der Waals surface area contributed by atoms with Crippen molar-refractivity contribution in [2.45, 2.75) is 38.6 Å². The maximum absolute atomic E-state index is 13.8. The topological polar surface area (TPSA) is 12.0 Å². The van der Waals surface area contributed by atoms with E-state index in [-0.39, 0.29) is 17.7 Å². The van der Waals surface area contributed by atoms with Gasteiger partial charge in [0.2, 0.25) is 0 Å². The molecule has 1 aliphatic carbocycles. The summed E-state index contributed by atoms with van der Waals surface area (Å²) in [5.74, 6) is 0.478. The van der Waals surface area contributed by atoms with Crippen LogP contribution in [0.5, 0.6) is 0 Å². The van der Waals surface area contributed by atoms with E-state index >= 15 is 0 Å². The Morgan fingerprint density at radius 2 is 2.11 bits per heavy atom. The average Bonchev–Trinajstić information content (AvgIpc) is 2.83. The van der Waals surface area contributed by atoms with E-state index in [2.05, 4.69) is 12.2 Å². The lowest BCUT2D eigenvalue weighted by atomic mass is 9.90. The highest BCUT2D eigenvalue weighted by Crippen LogP contribution is 2.40. The molecule has 0 radical (unpaired) electrons. The Balaban J connectivity index is 2.20. The van der Waals surface area contributed by atoms with E-state index in [1.54, 1.807) is 0 Å². The van der Waals surface area contributed by atoms with Crippen molar-refractivity contribution < 1.29 is 8.78 Å². The molecular formula is C15H21F2N. The van der Waals surface area contributed by atoms with Crippen LogP contribution in [0.1, 0.15) is 44.2 Å². The van der Waals surface area contributed by atoms with Gasteiger partial charge in [-0.15, -0.1) is 0 Å². The first-order chi connectivity index (χ1) is 8.65. The first-order valence-electron chi connectivity index (χ1n) is 6.78. The molecule has 18 heavy (non-hydrogen) atoms. The van der Waals surface area contributed by atoms with E-state index in [0.717, 1.165) is 18.8 Å². The van der Waals surface area contributed by atoms with Crippen molar-refractivity contribution in [2.24, 2.45) is 11.8 Å². The normalized spacial score (nSPS) is 25.3. The van der Waals surface area contributed by atoms with Crippen LogP contribution in [0.15, 0.2) is 18.2 Å². The summed E-state index contributed by atoms with van der Waals surface area (Å²) in [5.41, 5.74) is 0.472. The monoisotopic (exact) mass is 253 g/mol. The molecule has 1 saturated carbocycles. The van der Waals surface area contributed by atoms with Gasteiger partial charge in [0.15, 0.2) is 0 Å². The van der Waals surface area contributed by atoms with Crippen molar-refractivity contribution in [1.82, 2.24) is 5.32 Å². The van der Waals surface area contributed by atoms with E-state index in [0.29, 0.717) is 11.5 Å². The third kappa shape index (κ3) is 2.72. The second-order valence-corrected chi connectivity index (χ2v) is 5.28. The molecule has 0 spiro atoms. The van der Waals surface area contributed by atoms with E-state index in [1.165, 1.54) is 31.0 Å². The summed E-state index contributed by atoms with van der Waals surface area (Å²) in [6, 6.07) is 3.66. The van der Waals surface area contributed by atoms with Gasteiger partial charge < -0.3 is 5.32 Å². The SMILES string of the molecule is CCC1CCC(C(NC)c2cc(F)ccc2F)C1. The van der Waals surface area contributed by atoms with Gasteiger partial charge in [0.05, 0.1) is 0 Å². The van der Waals surface area contributed by atoms with Gasteiger partial charge in [0.1, 0.15) is 11.6 Å². The van der Waals surface area contributed by atoms with Crippen molar-refractivity contribution >= 4 is 0 Å². The van der Waals surface area contributed by atoms with Gasteiger partial charge >= 0.3 is 0 Å². The minimum atomic E-state index is -0.364. The molecule has 3 atom stereocenters. The fourth-order valence-corrected chi connectivity index (χ4v) is 3.19. The molecule has 1 aromatic carbocycles. The number of hydrogen-bond donors (Lipinski definition) is 1. The number of rotatable bonds is 4. The van der Waals surface area contributed by atoms with Crippen LogP contribution in [0.3, 0.4) is 0 Å². The van der Waals surface area contributed by atoms with E-state index in [4.69, 9.17) is 0 Å². The second-order valence-electron chi connectivity index (χ2n) is 5.28. The van der Waals surface area contributed by atoms with Gasteiger partial charge in [-0.1, -0.05) is 19.8 Å². The van der Waals surface area contributed by atoms with Crippen LogP contribution in [-0.4, -0.2) is 7.05 Å². The highest BCUT2D eigenvalue weighted by molar-refractivity contribution is 5.23. The summed E-state index contributed by atoms with van der Waals surface area (Å²) in [4.78, 5) is 0. The number of hydrogen-bond acceptors (Lipinski definition) is 1. The largest absolute Gasteiger partial charge is 0.313 e. The van der Waals surface area contributed by atoms with Crippen LogP contribution in [0.4, 0.5) is 8.78 Å². The summed E-state index contributed by atoms with van der Waals surface area (Å²) in [7, 11) is 1.83. The van der Waals surface area contributed by atoms with Crippen molar-refractivity contribution in [2.75, 3.05) is 7.05 Å². The van der Waals surface area contributed by atoms with Crippen LogP contribution in [0, 0.1) is 23.5 Å². The summed E-state index contributed by atoms with van der Waals surface area (Å²) in [5, 5.41) is 3.17. The lowest BCUT2D eigenvalue weighted by Crippen LogP contribution is -2.25. The Bertz CT molecular complexity index is 405. The molecule has 3 unspecified atom stereocenters.